The summed E-state index contributed by atoms with van der Waals surface area (Å²) < 4.78 is 14.5. The van der Waals surface area contributed by atoms with Crippen LogP contribution in [0.25, 0.3) is 0 Å². The highest BCUT2D eigenvalue weighted by atomic mass is 79.9. The number of hydrogen-bond donors (Lipinski definition) is 1. The molecular formula is C12H8BrFN2O3. The van der Waals surface area contributed by atoms with Gasteiger partial charge < -0.3 is 0 Å². The normalized spacial score (nSPS) is 10.4. The standard InChI is InChI=1S/C12H8BrFN2O3/c13-8-5-16(12(19)15-11(8)18)6-10(17)7-3-1-2-4-9(7)14/h1-5H,6H2,(H,15,18,19). The molecular weight excluding hydrogens is 319 g/mol. The van der Waals surface area contributed by atoms with Gasteiger partial charge in [-0.2, -0.15) is 0 Å². The van der Waals surface area contributed by atoms with Gasteiger partial charge in [-0.3, -0.25) is 19.1 Å². The van der Waals surface area contributed by atoms with Crippen LogP contribution in [0, 0.1) is 5.82 Å². The number of nitrogens with zero attached hydrogens (tertiary/aromatic N) is 1. The minimum absolute atomic E-state index is 0.100. The summed E-state index contributed by atoms with van der Waals surface area (Å²) in [5.41, 5.74) is -1.41. The minimum atomic E-state index is -0.724. The summed E-state index contributed by atoms with van der Waals surface area (Å²) in [7, 11) is 0. The van der Waals surface area contributed by atoms with Crippen LogP contribution >= 0.6 is 15.9 Å². The Labute approximate surface area is 114 Å². The van der Waals surface area contributed by atoms with Crippen LogP contribution in [-0.4, -0.2) is 15.3 Å². The number of rotatable bonds is 3. The molecule has 0 atom stereocenters. The third-order valence-corrected chi connectivity index (χ3v) is 3.02. The third kappa shape index (κ3) is 2.87. The van der Waals surface area contributed by atoms with Gasteiger partial charge in [0.2, 0.25) is 0 Å². The van der Waals surface area contributed by atoms with Gasteiger partial charge in [-0.05, 0) is 28.1 Å². The van der Waals surface area contributed by atoms with Crippen LogP contribution in [0.3, 0.4) is 0 Å². The first-order chi connectivity index (χ1) is 8.99. The van der Waals surface area contributed by atoms with E-state index >= 15 is 0 Å². The number of H-pyrrole nitrogens is 1. The number of carbonyl (C=O) groups excluding carboxylic acids is 1. The summed E-state index contributed by atoms with van der Waals surface area (Å²) in [6.45, 7) is -0.352. The Morgan fingerprint density at radius 1 is 1.32 bits per heavy atom. The maximum absolute atomic E-state index is 13.4. The number of carbonyl (C=O) groups is 1. The van der Waals surface area contributed by atoms with E-state index in [1.807, 2.05) is 4.98 Å². The van der Waals surface area contributed by atoms with Gasteiger partial charge in [0.1, 0.15) is 5.82 Å². The summed E-state index contributed by atoms with van der Waals surface area (Å²) in [4.78, 5) is 36.5. The first kappa shape index (κ1) is 13.4. The number of nitrogens with one attached hydrogen (secondary N) is 1. The lowest BCUT2D eigenvalue weighted by Gasteiger charge is -2.05. The molecule has 0 amide bonds. The second-order valence-corrected chi connectivity index (χ2v) is 4.62. The van der Waals surface area contributed by atoms with Gasteiger partial charge >= 0.3 is 5.69 Å². The van der Waals surface area contributed by atoms with Crippen molar-refractivity contribution in [2.24, 2.45) is 0 Å². The monoisotopic (exact) mass is 326 g/mol. The van der Waals surface area contributed by atoms with Gasteiger partial charge in [-0.1, -0.05) is 12.1 Å². The number of aromatic amines is 1. The molecule has 19 heavy (non-hydrogen) atoms. The topological polar surface area (TPSA) is 71.9 Å². The summed E-state index contributed by atoms with van der Waals surface area (Å²) in [5.74, 6) is -1.21. The zero-order chi connectivity index (χ0) is 14.0. The van der Waals surface area contributed by atoms with E-state index in [2.05, 4.69) is 15.9 Å². The molecule has 0 radical (unpaired) electrons. The van der Waals surface area contributed by atoms with E-state index in [4.69, 9.17) is 0 Å². The van der Waals surface area contributed by atoms with Crippen LogP contribution in [0.2, 0.25) is 0 Å². The van der Waals surface area contributed by atoms with Crippen molar-refractivity contribution in [2.45, 2.75) is 6.54 Å². The van der Waals surface area contributed by atoms with Gasteiger partial charge in [-0.15, -0.1) is 0 Å². The fourth-order valence-electron chi connectivity index (χ4n) is 1.53. The van der Waals surface area contributed by atoms with E-state index in [9.17, 15) is 18.8 Å². The van der Waals surface area contributed by atoms with Crippen molar-refractivity contribution in [2.75, 3.05) is 0 Å². The zero-order valence-electron chi connectivity index (χ0n) is 9.52. The Bertz CT molecular complexity index is 751. The minimum Gasteiger partial charge on any atom is -0.292 e. The lowest BCUT2D eigenvalue weighted by atomic mass is 10.1. The van der Waals surface area contributed by atoms with Gasteiger partial charge in [0.25, 0.3) is 5.56 Å². The maximum Gasteiger partial charge on any atom is 0.328 e. The van der Waals surface area contributed by atoms with Gasteiger partial charge in [0, 0.05) is 6.20 Å². The second-order valence-electron chi connectivity index (χ2n) is 3.77. The van der Waals surface area contributed by atoms with E-state index in [1.54, 1.807) is 0 Å². The fraction of sp³-hybridized carbons (Fsp3) is 0.0833. The SMILES string of the molecule is O=C(Cn1cc(Br)c(=O)[nH]c1=O)c1ccccc1F. The third-order valence-electron chi connectivity index (χ3n) is 2.46. The average molecular weight is 327 g/mol. The van der Waals surface area contributed by atoms with Gasteiger partial charge in [0.05, 0.1) is 16.6 Å². The van der Waals surface area contributed by atoms with Crippen LogP contribution in [0.4, 0.5) is 4.39 Å². The Morgan fingerprint density at radius 2 is 2.00 bits per heavy atom. The highest BCUT2D eigenvalue weighted by Crippen LogP contribution is 2.08. The van der Waals surface area contributed by atoms with Crippen molar-refractivity contribution in [3.05, 3.63) is 67.2 Å². The molecule has 0 saturated carbocycles. The molecule has 0 fully saturated rings. The van der Waals surface area contributed by atoms with Crippen molar-refractivity contribution >= 4 is 21.7 Å². The quantitative estimate of drug-likeness (QED) is 0.865. The number of aromatic nitrogens is 2. The molecule has 0 saturated heterocycles. The lowest BCUT2D eigenvalue weighted by molar-refractivity contribution is 0.0966. The first-order valence-electron chi connectivity index (χ1n) is 5.26. The average Bonchev–Trinajstić information content (AvgIpc) is 2.36. The molecule has 1 aromatic heterocycles. The van der Waals surface area contributed by atoms with E-state index in [1.165, 1.54) is 30.5 Å². The molecule has 2 rings (SSSR count). The zero-order valence-corrected chi connectivity index (χ0v) is 11.1. The van der Waals surface area contributed by atoms with Crippen molar-refractivity contribution in [1.82, 2.24) is 9.55 Å². The van der Waals surface area contributed by atoms with Crippen molar-refractivity contribution in [1.29, 1.82) is 0 Å². The van der Waals surface area contributed by atoms with Crippen LogP contribution in [0.1, 0.15) is 10.4 Å². The van der Waals surface area contributed by atoms with Crippen LogP contribution < -0.4 is 11.2 Å². The van der Waals surface area contributed by atoms with Crippen LogP contribution in [-0.2, 0) is 6.54 Å². The van der Waals surface area contributed by atoms with Crippen molar-refractivity contribution < 1.29 is 9.18 Å². The second kappa shape index (κ2) is 5.31. The smallest absolute Gasteiger partial charge is 0.292 e. The molecule has 1 N–H and O–H groups in total. The fourth-order valence-corrected chi connectivity index (χ4v) is 1.87. The van der Waals surface area contributed by atoms with Gasteiger partial charge in [0.15, 0.2) is 5.78 Å². The van der Waals surface area contributed by atoms with Gasteiger partial charge in [-0.25, -0.2) is 9.18 Å². The Hall–Kier alpha value is -2.02. The summed E-state index contributed by atoms with van der Waals surface area (Å²) >= 11 is 2.95. The molecule has 0 aliphatic heterocycles. The van der Waals surface area contributed by atoms with E-state index < -0.39 is 22.8 Å². The Morgan fingerprint density at radius 3 is 2.68 bits per heavy atom. The molecule has 0 aliphatic carbocycles. The number of Topliss-reactive ketones (excluding diaryl/α,β-unsaturated/α-hetero) is 1. The predicted octanol–water partition coefficient (Wildman–Crippen LogP) is 1.32. The molecule has 98 valence electrons. The summed E-state index contributed by atoms with van der Waals surface area (Å²) in [5, 5.41) is 0. The van der Waals surface area contributed by atoms with E-state index in [-0.39, 0.29) is 16.6 Å². The van der Waals surface area contributed by atoms with Crippen molar-refractivity contribution in [3.63, 3.8) is 0 Å². The van der Waals surface area contributed by atoms with Crippen molar-refractivity contribution in [3.8, 4) is 0 Å². The highest BCUT2D eigenvalue weighted by Gasteiger charge is 2.13. The van der Waals surface area contributed by atoms with E-state index in [0.717, 1.165) is 4.57 Å². The molecule has 7 heteroatoms. The number of benzene rings is 1. The summed E-state index contributed by atoms with van der Waals surface area (Å²) in [6.07, 6.45) is 1.19. The lowest BCUT2D eigenvalue weighted by Crippen LogP contribution is -2.32. The Kier molecular flexibility index (Phi) is 3.75. The van der Waals surface area contributed by atoms with Crippen LogP contribution in [0.5, 0.6) is 0 Å². The predicted molar refractivity (Wildman–Crippen MR) is 69.8 cm³/mol. The van der Waals surface area contributed by atoms with E-state index in [0.29, 0.717) is 0 Å². The molecule has 0 spiro atoms. The largest absolute Gasteiger partial charge is 0.328 e. The Balaban J connectivity index is 2.35. The number of halogens is 2. The molecule has 5 nitrogen and oxygen atoms in total. The number of ketones is 1. The summed E-state index contributed by atoms with van der Waals surface area (Å²) in [6, 6.07) is 5.50. The maximum atomic E-state index is 13.4. The molecule has 0 bridgehead atoms. The molecule has 0 unspecified atom stereocenters. The highest BCUT2D eigenvalue weighted by molar-refractivity contribution is 9.10. The first-order valence-corrected chi connectivity index (χ1v) is 6.05. The molecule has 1 heterocycles. The molecule has 0 aliphatic rings. The number of hydrogen-bond acceptors (Lipinski definition) is 3. The van der Waals surface area contributed by atoms with Crippen LogP contribution in [0.15, 0.2) is 44.5 Å². The molecule has 1 aromatic carbocycles. The molecule has 2 aromatic rings.